The number of ether oxygens (including phenoxy) is 2. The molecule has 0 fully saturated rings. The van der Waals surface area contributed by atoms with Gasteiger partial charge in [0.2, 0.25) is 5.91 Å². The summed E-state index contributed by atoms with van der Waals surface area (Å²) >= 11 is 0. The minimum Gasteiger partial charge on any atom is -0.490 e. The molecule has 1 aliphatic heterocycles. The van der Waals surface area contributed by atoms with Gasteiger partial charge in [0.1, 0.15) is 0 Å². The van der Waals surface area contributed by atoms with Crippen LogP contribution >= 0.6 is 0 Å². The summed E-state index contributed by atoms with van der Waals surface area (Å²) in [6, 6.07) is 11.0. The number of hydrogen-bond donors (Lipinski definition) is 2. The van der Waals surface area contributed by atoms with Crippen LogP contribution in [-0.2, 0) is 17.8 Å². The summed E-state index contributed by atoms with van der Waals surface area (Å²) in [6.45, 7) is 6.81. The fourth-order valence-corrected chi connectivity index (χ4v) is 3.58. The molecule has 7 heteroatoms. The average molecular weight is 412 g/mol. The Morgan fingerprint density at radius 1 is 1.03 bits per heavy atom. The number of carbonyl (C=O) groups excluding carboxylic acids is 2. The maximum absolute atomic E-state index is 12.6. The van der Waals surface area contributed by atoms with Crippen molar-refractivity contribution in [1.82, 2.24) is 10.2 Å². The Bertz CT molecular complexity index is 913. The molecule has 0 aromatic heterocycles. The van der Waals surface area contributed by atoms with Crippen molar-refractivity contribution in [1.29, 1.82) is 0 Å². The third-order valence-corrected chi connectivity index (χ3v) is 4.96. The van der Waals surface area contributed by atoms with Crippen LogP contribution in [0.15, 0.2) is 36.4 Å². The number of benzene rings is 2. The maximum Gasteiger partial charge on any atom is 0.251 e. The highest BCUT2D eigenvalue weighted by molar-refractivity contribution is 5.97. The molecular formula is C23H29N3O4. The van der Waals surface area contributed by atoms with Crippen molar-refractivity contribution in [3.8, 4) is 11.5 Å². The smallest absolute Gasteiger partial charge is 0.251 e. The van der Waals surface area contributed by atoms with Crippen molar-refractivity contribution in [3.05, 3.63) is 53.1 Å². The van der Waals surface area contributed by atoms with Gasteiger partial charge in [0.05, 0.1) is 19.8 Å². The van der Waals surface area contributed by atoms with E-state index < -0.39 is 0 Å². The first-order valence-electron chi connectivity index (χ1n) is 10.3. The lowest BCUT2D eigenvalue weighted by Gasteiger charge is -2.29. The third kappa shape index (κ3) is 5.30. The maximum atomic E-state index is 12.6. The molecule has 0 bridgehead atoms. The van der Waals surface area contributed by atoms with Gasteiger partial charge in [0.25, 0.3) is 5.91 Å². The van der Waals surface area contributed by atoms with Gasteiger partial charge in [-0.1, -0.05) is 6.07 Å². The summed E-state index contributed by atoms with van der Waals surface area (Å²) < 4.78 is 11.5. The first kappa shape index (κ1) is 21.6. The molecule has 0 aliphatic carbocycles. The Labute approximate surface area is 177 Å². The fraction of sp³-hybridized carbons (Fsp3) is 0.391. The lowest BCUT2D eigenvalue weighted by molar-refractivity contribution is -0.117. The van der Waals surface area contributed by atoms with E-state index in [1.54, 1.807) is 31.3 Å². The Kier molecular flexibility index (Phi) is 7.30. The molecular weight excluding hydrogens is 382 g/mol. The zero-order valence-electron chi connectivity index (χ0n) is 17.8. The molecule has 1 heterocycles. The number of rotatable bonds is 8. The summed E-state index contributed by atoms with van der Waals surface area (Å²) in [6.07, 6.45) is 0.848. The van der Waals surface area contributed by atoms with Gasteiger partial charge in [-0.25, -0.2) is 0 Å². The van der Waals surface area contributed by atoms with Crippen molar-refractivity contribution >= 4 is 17.5 Å². The second-order valence-electron chi connectivity index (χ2n) is 7.10. The lowest BCUT2D eigenvalue weighted by Crippen LogP contribution is -2.37. The van der Waals surface area contributed by atoms with Gasteiger partial charge in [-0.2, -0.15) is 0 Å². The summed E-state index contributed by atoms with van der Waals surface area (Å²) in [5.74, 6) is 1.23. The van der Waals surface area contributed by atoms with Crippen LogP contribution in [0.25, 0.3) is 0 Å². The molecule has 2 N–H and O–H groups in total. The van der Waals surface area contributed by atoms with E-state index in [1.807, 2.05) is 19.9 Å². The number of amides is 2. The van der Waals surface area contributed by atoms with Crippen molar-refractivity contribution in [2.24, 2.45) is 0 Å². The fourth-order valence-electron chi connectivity index (χ4n) is 3.58. The molecule has 0 saturated carbocycles. The zero-order chi connectivity index (χ0) is 21.5. The summed E-state index contributed by atoms with van der Waals surface area (Å²) in [7, 11) is 1.58. The van der Waals surface area contributed by atoms with Crippen LogP contribution in [0, 0.1) is 0 Å². The van der Waals surface area contributed by atoms with Gasteiger partial charge >= 0.3 is 0 Å². The van der Waals surface area contributed by atoms with Crippen LogP contribution in [-0.4, -0.2) is 50.1 Å². The molecule has 2 aromatic rings. The van der Waals surface area contributed by atoms with Crippen molar-refractivity contribution in [2.75, 3.05) is 38.7 Å². The van der Waals surface area contributed by atoms with Crippen molar-refractivity contribution in [2.45, 2.75) is 26.8 Å². The van der Waals surface area contributed by atoms with Crippen LogP contribution in [0.3, 0.4) is 0 Å². The predicted octanol–water partition coefficient (Wildman–Crippen LogP) is 2.84. The van der Waals surface area contributed by atoms with E-state index >= 15 is 0 Å². The minimum absolute atomic E-state index is 0.108. The molecule has 0 atom stereocenters. The van der Waals surface area contributed by atoms with E-state index in [4.69, 9.17) is 9.47 Å². The summed E-state index contributed by atoms with van der Waals surface area (Å²) in [5, 5.41) is 5.47. The van der Waals surface area contributed by atoms with Gasteiger partial charge in [0.15, 0.2) is 11.5 Å². The molecule has 30 heavy (non-hydrogen) atoms. The standard InChI is InChI=1S/C23H29N3O4/c1-4-29-20-12-16-9-10-26(14-18(16)13-21(20)30-5-2)15-22(27)25-19-8-6-7-17(11-19)23(28)24-3/h6-8,11-13H,4-5,9-10,14-15H2,1-3H3,(H,24,28)(H,25,27). The highest BCUT2D eigenvalue weighted by atomic mass is 16.5. The monoisotopic (exact) mass is 411 g/mol. The molecule has 0 spiro atoms. The number of nitrogens with one attached hydrogen (secondary N) is 2. The van der Waals surface area contributed by atoms with Gasteiger partial charge in [-0.3, -0.25) is 14.5 Å². The van der Waals surface area contributed by atoms with E-state index in [2.05, 4.69) is 21.6 Å². The number of anilines is 1. The first-order chi connectivity index (χ1) is 14.5. The highest BCUT2D eigenvalue weighted by Gasteiger charge is 2.21. The minimum atomic E-state index is -0.185. The van der Waals surface area contributed by atoms with Crippen LogP contribution in [0.5, 0.6) is 11.5 Å². The lowest BCUT2D eigenvalue weighted by atomic mass is 9.98. The van der Waals surface area contributed by atoms with Gasteiger partial charge in [-0.05, 0) is 61.7 Å². The van der Waals surface area contributed by atoms with Crippen LogP contribution in [0.4, 0.5) is 5.69 Å². The summed E-state index contributed by atoms with van der Waals surface area (Å²) in [5.41, 5.74) is 3.51. The molecule has 0 saturated heterocycles. The van der Waals surface area contributed by atoms with Gasteiger partial charge < -0.3 is 20.1 Å². The zero-order valence-corrected chi connectivity index (χ0v) is 17.8. The van der Waals surface area contributed by atoms with Gasteiger partial charge in [-0.15, -0.1) is 0 Å². The normalized spacial score (nSPS) is 13.3. The molecule has 3 rings (SSSR count). The van der Waals surface area contributed by atoms with E-state index in [9.17, 15) is 9.59 Å². The first-order valence-corrected chi connectivity index (χ1v) is 10.3. The highest BCUT2D eigenvalue weighted by Crippen LogP contribution is 2.33. The van der Waals surface area contributed by atoms with E-state index in [1.165, 1.54) is 5.56 Å². The number of hydrogen-bond acceptors (Lipinski definition) is 5. The average Bonchev–Trinajstić information content (AvgIpc) is 2.74. The third-order valence-electron chi connectivity index (χ3n) is 4.96. The molecule has 1 aliphatic rings. The van der Waals surface area contributed by atoms with Crippen LogP contribution in [0.1, 0.15) is 35.3 Å². The Morgan fingerprint density at radius 2 is 1.73 bits per heavy atom. The Balaban J connectivity index is 1.65. The van der Waals surface area contributed by atoms with E-state index in [0.717, 1.165) is 30.0 Å². The Morgan fingerprint density at radius 3 is 2.40 bits per heavy atom. The molecule has 2 aromatic carbocycles. The van der Waals surface area contributed by atoms with Crippen molar-refractivity contribution in [3.63, 3.8) is 0 Å². The molecule has 0 radical (unpaired) electrons. The SMILES string of the molecule is CCOc1cc2c(cc1OCC)CN(CC(=O)Nc1cccc(C(=O)NC)c1)CC2. The number of carbonyl (C=O) groups is 2. The van der Waals surface area contributed by atoms with E-state index in [0.29, 0.717) is 31.0 Å². The molecule has 0 unspecified atom stereocenters. The largest absolute Gasteiger partial charge is 0.490 e. The predicted molar refractivity (Wildman–Crippen MR) is 116 cm³/mol. The second-order valence-corrected chi connectivity index (χ2v) is 7.10. The Hall–Kier alpha value is -3.06. The number of nitrogens with zero attached hydrogens (tertiary/aromatic N) is 1. The van der Waals surface area contributed by atoms with E-state index in [-0.39, 0.29) is 18.4 Å². The molecule has 160 valence electrons. The molecule has 7 nitrogen and oxygen atoms in total. The van der Waals surface area contributed by atoms with Crippen LogP contribution < -0.4 is 20.1 Å². The number of fused-ring (bicyclic) bond motifs is 1. The summed E-state index contributed by atoms with van der Waals surface area (Å²) in [4.78, 5) is 26.4. The molecule has 2 amide bonds. The topological polar surface area (TPSA) is 79.9 Å². The van der Waals surface area contributed by atoms with Crippen LogP contribution in [0.2, 0.25) is 0 Å². The van der Waals surface area contributed by atoms with Gasteiger partial charge in [0, 0.05) is 31.4 Å². The van der Waals surface area contributed by atoms with Crippen molar-refractivity contribution < 1.29 is 19.1 Å². The second kappa shape index (κ2) is 10.1. The quantitative estimate of drug-likeness (QED) is 0.698.